The first-order chi connectivity index (χ1) is 9.76. The van der Waals surface area contributed by atoms with Crippen molar-refractivity contribution in [3.63, 3.8) is 0 Å². The zero-order valence-electron chi connectivity index (χ0n) is 11.0. The van der Waals surface area contributed by atoms with Crippen LogP contribution < -0.4 is 10.5 Å². The highest BCUT2D eigenvalue weighted by atomic mass is 16.5. The lowest BCUT2D eigenvalue weighted by Crippen LogP contribution is -1.85. The van der Waals surface area contributed by atoms with Crippen molar-refractivity contribution in [3.8, 4) is 28.5 Å². The Labute approximate surface area is 116 Å². The summed E-state index contributed by atoms with van der Waals surface area (Å²) in [5.41, 5.74) is 9.06. The Hall–Kier alpha value is -2.75. The molecular formula is C16H14N2O2. The van der Waals surface area contributed by atoms with E-state index in [-0.39, 0.29) is 0 Å². The summed E-state index contributed by atoms with van der Waals surface area (Å²) in [5.74, 6) is 1.40. The number of benzene rings is 2. The Morgan fingerprint density at radius 3 is 2.25 bits per heavy atom. The van der Waals surface area contributed by atoms with Crippen LogP contribution in [0.4, 0.5) is 5.69 Å². The predicted molar refractivity (Wildman–Crippen MR) is 78.3 cm³/mol. The van der Waals surface area contributed by atoms with E-state index in [0.717, 1.165) is 28.3 Å². The standard InChI is InChI=1S/C16H14N2O2/c1-19-14-8-4-11(5-9-14)15-10-20-16(18-15)12-2-6-13(17)7-3-12/h2-10H,17H2,1H3. The molecule has 0 amide bonds. The monoisotopic (exact) mass is 266 g/mol. The van der Waals surface area contributed by atoms with Crippen LogP contribution in [0.25, 0.3) is 22.7 Å². The maximum absolute atomic E-state index is 5.67. The lowest BCUT2D eigenvalue weighted by molar-refractivity contribution is 0.415. The van der Waals surface area contributed by atoms with Crippen LogP contribution >= 0.6 is 0 Å². The number of oxazole rings is 1. The van der Waals surface area contributed by atoms with Gasteiger partial charge in [0.05, 0.1) is 7.11 Å². The first-order valence-electron chi connectivity index (χ1n) is 6.22. The molecule has 100 valence electrons. The third-order valence-electron chi connectivity index (χ3n) is 3.05. The molecule has 0 radical (unpaired) electrons. The number of methoxy groups -OCH3 is 1. The molecule has 0 spiro atoms. The van der Waals surface area contributed by atoms with Crippen molar-refractivity contribution >= 4 is 5.69 Å². The summed E-state index contributed by atoms with van der Waals surface area (Å²) in [6, 6.07) is 15.1. The topological polar surface area (TPSA) is 61.3 Å². The van der Waals surface area contributed by atoms with Gasteiger partial charge in [-0.1, -0.05) is 0 Å². The van der Waals surface area contributed by atoms with Gasteiger partial charge in [-0.2, -0.15) is 0 Å². The molecule has 3 rings (SSSR count). The Balaban J connectivity index is 1.91. The summed E-state index contributed by atoms with van der Waals surface area (Å²) >= 11 is 0. The molecule has 3 aromatic rings. The van der Waals surface area contributed by atoms with Crippen molar-refractivity contribution in [2.24, 2.45) is 0 Å². The van der Waals surface area contributed by atoms with Gasteiger partial charge in [0.25, 0.3) is 0 Å². The van der Waals surface area contributed by atoms with E-state index in [2.05, 4.69) is 4.98 Å². The van der Waals surface area contributed by atoms with Gasteiger partial charge in [0, 0.05) is 16.8 Å². The fourth-order valence-corrected chi connectivity index (χ4v) is 1.93. The second kappa shape index (κ2) is 5.09. The molecule has 2 N–H and O–H groups in total. The molecule has 0 aliphatic heterocycles. The lowest BCUT2D eigenvalue weighted by Gasteiger charge is -1.99. The number of hydrogen-bond acceptors (Lipinski definition) is 4. The Morgan fingerprint density at radius 1 is 0.950 bits per heavy atom. The normalized spacial score (nSPS) is 10.4. The number of nitrogens with zero attached hydrogens (tertiary/aromatic N) is 1. The summed E-state index contributed by atoms with van der Waals surface area (Å²) in [7, 11) is 1.64. The second-order valence-electron chi connectivity index (χ2n) is 4.39. The van der Waals surface area contributed by atoms with Crippen molar-refractivity contribution < 1.29 is 9.15 Å². The molecular weight excluding hydrogens is 252 g/mol. The average molecular weight is 266 g/mol. The molecule has 4 heteroatoms. The van der Waals surface area contributed by atoms with E-state index in [4.69, 9.17) is 14.9 Å². The Bertz CT molecular complexity index is 700. The molecule has 4 nitrogen and oxygen atoms in total. The molecule has 0 aliphatic rings. The van der Waals surface area contributed by atoms with E-state index < -0.39 is 0 Å². The molecule has 20 heavy (non-hydrogen) atoms. The molecule has 2 aromatic carbocycles. The van der Waals surface area contributed by atoms with Gasteiger partial charge in [0.1, 0.15) is 17.7 Å². The van der Waals surface area contributed by atoms with Crippen LogP contribution in [-0.4, -0.2) is 12.1 Å². The molecule has 0 atom stereocenters. The summed E-state index contributed by atoms with van der Waals surface area (Å²) < 4.78 is 10.7. The Morgan fingerprint density at radius 2 is 1.60 bits per heavy atom. The van der Waals surface area contributed by atoms with Gasteiger partial charge in [0.15, 0.2) is 0 Å². The van der Waals surface area contributed by atoms with Crippen LogP contribution in [0, 0.1) is 0 Å². The highest BCUT2D eigenvalue weighted by Crippen LogP contribution is 2.26. The second-order valence-corrected chi connectivity index (χ2v) is 4.39. The molecule has 0 fully saturated rings. The van der Waals surface area contributed by atoms with Gasteiger partial charge in [0.2, 0.25) is 5.89 Å². The van der Waals surface area contributed by atoms with Crippen molar-refractivity contribution in [3.05, 3.63) is 54.8 Å². The molecule has 0 saturated carbocycles. The van der Waals surface area contributed by atoms with E-state index >= 15 is 0 Å². The van der Waals surface area contributed by atoms with E-state index in [1.165, 1.54) is 0 Å². The number of ether oxygens (including phenoxy) is 1. The lowest BCUT2D eigenvalue weighted by atomic mass is 10.1. The van der Waals surface area contributed by atoms with Gasteiger partial charge >= 0.3 is 0 Å². The van der Waals surface area contributed by atoms with E-state index in [1.54, 1.807) is 13.4 Å². The van der Waals surface area contributed by atoms with Gasteiger partial charge in [-0.05, 0) is 48.5 Å². The van der Waals surface area contributed by atoms with Crippen LogP contribution in [0.3, 0.4) is 0 Å². The third-order valence-corrected chi connectivity index (χ3v) is 3.05. The largest absolute Gasteiger partial charge is 0.497 e. The van der Waals surface area contributed by atoms with Crippen LogP contribution in [0.1, 0.15) is 0 Å². The van der Waals surface area contributed by atoms with Crippen LogP contribution in [-0.2, 0) is 0 Å². The van der Waals surface area contributed by atoms with E-state index in [1.807, 2.05) is 48.5 Å². The molecule has 0 saturated heterocycles. The summed E-state index contributed by atoms with van der Waals surface area (Å²) in [5, 5.41) is 0. The number of hydrogen-bond donors (Lipinski definition) is 1. The number of aromatic nitrogens is 1. The highest BCUT2D eigenvalue weighted by molar-refractivity contribution is 5.64. The van der Waals surface area contributed by atoms with Crippen molar-refractivity contribution in [2.75, 3.05) is 12.8 Å². The minimum absolute atomic E-state index is 0.579. The average Bonchev–Trinajstić information content (AvgIpc) is 2.98. The highest BCUT2D eigenvalue weighted by Gasteiger charge is 2.08. The minimum atomic E-state index is 0.579. The first kappa shape index (κ1) is 12.3. The van der Waals surface area contributed by atoms with Gasteiger partial charge in [-0.3, -0.25) is 0 Å². The molecule has 0 unspecified atom stereocenters. The van der Waals surface area contributed by atoms with Gasteiger partial charge < -0.3 is 14.9 Å². The Kier molecular flexibility index (Phi) is 3.13. The van der Waals surface area contributed by atoms with Crippen LogP contribution in [0.5, 0.6) is 5.75 Å². The summed E-state index contributed by atoms with van der Waals surface area (Å²) in [4.78, 5) is 4.49. The minimum Gasteiger partial charge on any atom is -0.497 e. The number of anilines is 1. The van der Waals surface area contributed by atoms with Crippen LogP contribution in [0.2, 0.25) is 0 Å². The van der Waals surface area contributed by atoms with Gasteiger partial charge in [-0.15, -0.1) is 0 Å². The zero-order valence-corrected chi connectivity index (χ0v) is 11.0. The van der Waals surface area contributed by atoms with E-state index in [9.17, 15) is 0 Å². The SMILES string of the molecule is COc1ccc(-c2coc(-c3ccc(N)cc3)n2)cc1. The maximum atomic E-state index is 5.67. The predicted octanol–water partition coefficient (Wildman–Crippen LogP) is 3.60. The maximum Gasteiger partial charge on any atom is 0.226 e. The molecule has 1 heterocycles. The number of nitrogens with two attached hydrogens (primary N) is 1. The van der Waals surface area contributed by atoms with Crippen LogP contribution in [0.15, 0.2) is 59.2 Å². The van der Waals surface area contributed by atoms with E-state index in [0.29, 0.717) is 5.89 Å². The first-order valence-corrected chi connectivity index (χ1v) is 6.22. The summed E-state index contributed by atoms with van der Waals surface area (Å²) in [6.07, 6.45) is 1.65. The molecule has 0 aliphatic carbocycles. The molecule has 1 aromatic heterocycles. The quantitative estimate of drug-likeness (QED) is 0.736. The van der Waals surface area contributed by atoms with Crippen molar-refractivity contribution in [2.45, 2.75) is 0 Å². The fourth-order valence-electron chi connectivity index (χ4n) is 1.93. The van der Waals surface area contributed by atoms with Crippen molar-refractivity contribution in [1.29, 1.82) is 0 Å². The fraction of sp³-hybridized carbons (Fsp3) is 0.0625. The third kappa shape index (κ3) is 2.36. The van der Waals surface area contributed by atoms with Crippen molar-refractivity contribution in [1.82, 2.24) is 4.98 Å². The number of rotatable bonds is 3. The van der Waals surface area contributed by atoms with Gasteiger partial charge in [-0.25, -0.2) is 4.98 Å². The zero-order chi connectivity index (χ0) is 13.9. The summed E-state index contributed by atoms with van der Waals surface area (Å²) in [6.45, 7) is 0. The molecule has 0 bridgehead atoms. The smallest absolute Gasteiger partial charge is 0.226 e. The number of nitrogen functional groups attached to an aromatic ring is 1.